The maximum atomic E-state index is 13.7. The number of alkyl halides is 3. The van der Waals surface area contributed by atoms with Gasteiger partial charge in [0.25, 0.3) is 5.91 Å². The van der Waals surface area contributed by atoms with E-state index in [-0.39, 0.29) is 17.6 Å². The third kappa shape index (κ3) is 7.53. The molecule has 8 nitrogen and oxygen atoms in total. The average Bonchev–Trinajstić information content (AvgIpc) is 2.78. The molecule has 0 radical (unpaired) electrons. The summed E-state index contributed by atoms with van der Waals surface area (Å²) in [6.45, 7) is 9.06. The van der Waals surface area contributed by atoms with E-state index in [1.165, 1.54) is 13.3 Å². The molecule has 3 rings (SSSR count). The summed E-state index contributed by atoms with van der Waals surface area (Å²) in [5.41, 5.74) is 3.03. The first-order chi connectivity index (χ1) is 17.3. The fraction of sp³-hybridized carbons (Fsp3) is 0.320. The Labute approximate surface area is 213 Å². The van der Waals surface area contributed by atoms with Crippen LogP contribution in [0.25, 0.3) is 0 Å². The molecule has 12 heteroatoms. The van der Waals surface area contributed by atoms with Gasteiger partial charge in [0.2, 0.25) is 5.95 Å². The molecular weight excluding hydrogens is 506 g/mol. The SMILES string of the molecule is Cc1cc(Nc2ncc(C(F)(F)F)c(Nc3ccccc3P(C)(C)=O)n2)ccc1C(=O)NOCC(C)C. The van der Waals surface area contributed by atoms with E-state index in [0.717, 1.165) is 0 Å². The summed E-state index contributed by atoms with van der Waals surface area (Å²) in [6.07, 6.45) is -4.04. The number of hydrogen-bond donors (Lipinski definition) is 3. The zero-order chi connectivity index (χ0) is 27.4. The molecule has 0 unspecified atom stereocenters. The number of anilines is 4. The molecule has 0 saturated heterocycles. The smallest absolute Gasteiger partial charge is 0.339 e. The van der Waals surface area contributed by atoms with Crippen LogP contribution in [-0.2, 0) is 15.6 Å². The molecule has 0 bridgehead atoms. The van der Waals surface area contributed by atoms with Crippen molar-refractivity contribution in [3.63, 3.8) is 0 Å². The van der Waals surface area contributed by atoms with Crippen molar-refractivity contribution in [3.05, 3.63) is 65.4 Å². The monoisotopic (exact) mass is 535 g/mol. The third-order valence-electron chi connectivity index (χ3n) is 5.14. The molecule has 37 heavy (non-hydrogen) atoms. The first-order valence-electron chi connectivity index (χ1n) is 11.4. The summed E-state index contributed by atoms with van der Waals surface area (Å²) in [4.78, 5) is 25.4. The number of carbonyl (C=O) groups excluding carboxylic acids is 1. The Balaban J connectivity index is 1.88. The number of nitrogens with one attached hydrogen (secondary N) is 3. The lowest BCUT2D eigenvalue weighted by Gasteiger charge is -2.18. The van der Waals surface area contributed by atoms with E-state index in [4.69, 9.17) is 4.84 Å². The van der Waals surface area contributed by atoms with E-state index in [1.54, 1.807) is 49.4 Å². The normalized spacial score (nSPS) is 11.9. The number of amides is 1. The van der Waals surface area contributed by atoms with Crippen LogP contribution in [0.3, 0.4) is 0 Å². The van der Waals surface area contributed by atoms with Crippen molar-refractivity contribution in [1.82, 2.24) is 15.4 Å². The van der Waals surface area contributed by atoms with Crippen LogP contribution in [0.15, 0.2) is 48.7 Å². The molecule has 1 aromatic heterocycles. The number of halogens is 3. The van der Waals surface area contributed by atoms with Gasteiger partial charge in [-0.25, -0.2) is 10.5 Å². The Morgan fingerprint density at radius 3 is 2.43 bits per heavy atom. The van der Waals surface area contributed by atoms with Gasteiger partial charge in [-0.2, -0.15) is 18.2 Å². The number of nitrogens with zero attached hydrogens (tertiary/aromatic N) is 2. The average molecular weight is 536 g/mol. The summed E-state index contributed by atoms with van der Waals surface area (Å²) in [7, 11) is -2.79. The zero-order valence-electron chi connectivity index (χ0n) is 21.1. The number of hydroxylamine groups is 1. The van der Waals surface area contributed by atoms with E-state index in [1.807, 2.05) is 13.8 Å². The maximum absolute atomic E-state index is 13.7. The molecule has 3 N–H and O–H groups in total. The highest BCUT2D eigenvalue weighted by atomic mass is 31.2. The highest BCUT2D eigenvalue weighted by molar-refractivity contribution is 7.70. The van der Waals surface area contributed by atoms with Gasteiger partial charge in [0.1, 0.15) is 18.5 Å². The van der Waals surface area contributed by atoms with Crippen molar-refractivity contribution in [2.75, 3.05) is 30.6 Å². The zero-order valence-corrected chi connectivity index (χ0v) is 22.0. The minimum Gasteiger partial charge on any atom is -0.339 e. The van der Waals surface area contributed by atoms with Gasteiger partial charge in [0, 0.05) is 22.8 Å². The number of aromatic nitrogens is 2. The summed E-state index contributed by atoms with van der Waals surface area (Å²) < 4.78 is 53.8. The van der Waals surface area contributed by atoms with Crippen LogP contribution < -0.4 is 21.4 Å². The van der Waals surface area contributed by atoms with E-state index in [9.17, 15) is 22.5 Å². The molecule has 0 saturated carbocycles. The molecule has 0 spiro atoms. The van der Waals surface area contributed by atoms with Crippen molar-refractivity contribution in [2.24, 2.45) is 5.92 Å². The van der Waals surface area contributed by atoms with Gasteiger partial charge < -0.3 is 15.2 Å². The van der Waals surface area contributed by atoms with E-state index in [0.29, 0.717) is 34.9 Å². The number of benzene rings is 2. The Kier molecular flexibility index (Phi) is 8.60. The molecule has 3 aromatic rings. The quantitative estimate of drug-likeness (QED) is 0.233. The minimum atomic E-state index is -4.72. The first kappa shape index (κ1) is 28.1. The second-order valence-corrected chi connectivity index (χ2v) is 12.4. The van der Waals surface area contributed by atoms with Crippen molar-refractivity contribution >= 4 is 41.5 Å². The summed E-state index contributed by atoms with van der Waals surface area (Å²) in [6, 6.07) is 11.2. The standard InChI is InChI=1S/C25H29F3N5O3P/c1-15(2)14-36-33-23(34)18-11-10-17(12-16(18)3)30-24-29-13-19(25(26,27)28)22(32-24)31-20-8-6-7-9-21(20)37(4,5)35/h6-13,15H,14H2,1-5H3,(H,33,34)(H2,29,30,31,32). The number of para-hydroxylation sites is 1. The van der Waals surface area contributed by atoms with Gasteiger partial charge in [-0.15, -0.1) is 0 Å². The van der Waals surface area contributed by atoms with Crippen molar-refractivity contribution < 1.29 is 27.4 Å². The Bertz CT molecular complexity index is 1330. The topological polar surface area (TPSA) is 105 Å². The third-order valence-corrected chi connectivity index (χ3v) is 6.69. The highest BCUT2D eigenvalue weighted by Crippen LogP contribution is 2.40. The summed E-state index contributed by atoms with van der Waals surface area (Å²) in [5.74, 6) is -0.746. The number of aryl methyl sites for hydroxylation is 1. The summed E-state index contributed by atoms with van der Waals surface area (Å²) in [5, 5.41) is 5.97. The minimum absolute atomic E-state index is 0.0963. The van der Waals surface area contributed by atoms with Crippen LogP contribution in [0.4, 0.5) is 36.3 Å². The van der Waals surface area contributed by atoms with Crippen LogP contribution in [0.1, 0.15) is 35.3 Å². The van der Waals surface area contributed by atoms with Gasteiger partial charge in [-0.05, 0) is 62.1 Å². The molecule has 1 amide bonds. The lowest BCUT2D eigenvalue weighted by atomic mass is 10.1. The second-order valence-electron chi connectivity index (χ2n) is 9.24. The highest BCUT2D eigenvalue weighted by Gasteiger charge is 2.35. The molecule has 0 atom stereocenters. The number of carbonyl (C=O) groups is 1. The fourth-order valence-electron chi connectivity index (χ4n) is 3.38. The predicted octanol–water partition coefficient (Wildman–Crippen LogP) is 5.86. The predicted molar refractivity (Wildman–Crippen MR) is 139 cm³/mol. The Morgan fingerprint density at radius 2 is 1.81 bits per heavy atom. The largest absolute Gasteiger partial charge is 0.421 e. The van der Waals surface area contributed by atoms with E-state index < -0.39 is 30.6 Å². The Hall–Kier alpha value is -3.43. The van der Waals surface area contributed by atoms with E-state index in [2.05, 4.69) is 26.1 Å². The van der Waals surface area contributed by atoms with Gasteiger partial charge in [-0.3, -0.25) is 9.63 Å². The number of rotatable bonds is 9. The molecule has 198 valence electrons. The Morgan fingerprint density at radius 1 is 1.11 bits per heavy atom. The van der Waals surface area contributed by atoms with Gasteiger partial charge in [0.05, 0.1) is 12.3 Å². The van der Waals surface area contributed by atoms with Crippen LogP contribution in [0.2, 0.25) is 0 Å². The molecule has 0 aliphatic heterocycles. The molecule has 0 aliphatic rings. The van der Waals surface area contributed by atoms with Crippen molar-refractivity contribution in [3.8, 4) is 0 Å². The van der Waals surface area contributed by atoms with Gasteiger partial charge in [0.15, 0.2) is 0 Å². The summed E-state index contributed by atoms with van der Waals surface area (Å²) >= 11 is 0. The number of hydrogen-bond acceptors (Lipinski definition) is 7. The van der Waals surface area contributed by atoms with Crippen molar-refractivity contribution in [1.29, 1.82) is 0 Å². The molecule has 2 aromatic carbocycles. The van der Waals surface area contributed by atoms with Crippen LogP contribution in [0.5, 0.6) is 0 Å². The lowest BCUT2D eigenvalue weighted by Crippen LogP contribution is -2.26. The van der Waals surface area contributed by atoms with Crippen LogP contribution in [-0.4, -0.2) is 35.8 Å². The van der Waals surface area contributed by atoms with Gasteiger partial charge >= 0.3 is 6.18 Å². The molecule has 0 aliphatic carbocycles. The van der Waals surface area contributed by atoms with Crippen LogP contribution >= 0.6 is 7.14 Å². The second kappa shape index (κ2) is 11.3. The van der Waals surface area contributed by atoms with Crippen molar-refractivity contribution in [2.45, 2.75) is 26.9 Å². The van der Waals surface area contributed by atoms with E-state index >= 15 is 0 Å². The maximum Gasteiger partial charge on any atom is 0.421 e. The molecule has 0 fully saturated rings. The first-order valence-corrected chi connectivity index (χ1v) is 14.0. The van der Waals surface area contributed by atoms with Crippen LogP contribution in [0, 0.1) is 12.8 Å². The molecule has 1 heterocycles. The lowest BCUT2D eigenvalue weighted by molar-refractivity contribution is -0.137. The fourth-order valence-corrected chi connectivity index (χ4v) is 4.53. The van der Waals surface area contributed by atoms with Gasteiger partial charge in [-0.1, -0.05) is 26.0 Å². The molecular formula is C25H29F3N5O3P.